The maximum Gasteiger partial charge on any atom is 0.293 e. The van der Waals surface area contributed by atoms with E-state index in [1.165, 1.54) is 4.90 Å². The molecule has 130 valence electrons. The zero-order chi connectivity index (χ0) is 18.1. The van der Waals surface area contributed by atoms with E-state index in [0.29, 0.717) is 11.4 Å². The first-order valence-electron chi connectivity index (χ1n) is 8.10. The van der Waals surface area contributed by atoms with Gasteiger partial charge in [-0.25, -0.2) is 0 Å². The number of benzene rings is 1. The van der Waals surface area contributed by atoms with Gasteiger partial charge in [0.15, 0.2) is 0 Å². The van der Waals surface area contributed by atoms with Crippen LogP contribution in [0.25, 0.3) is 17.0 Å². The SMILES string of the molecule is CCc1cccc2c(C=C3SC(=O)N(CC)C3=O)cn(CC(N)=O)c12. The highest BCUT2D eigenvalue weighted by Crippen LogP contribution is 2.34. The third kappa shape index (κ3) is 3.07. The molecule has 0 spiro atoms. The van der Waals surface area contributed by atoms with Crippen LogP contribution in [-0.4, -0.2) is 33.1 Å². The Bertz CT molecular complexity index is 914. The molecule has 7 heteroatoms. The lowest BCUT2D eigenvalue weighted by atomic mass is 10.1. The number of nitrogens with two attached hydrogens (primary N) is 1. The molecule has 0 unspecified atom stereocenters. The van der Waals surface area contributed by atoms with Crippen LogP contribution in [-0.2, 0) is 22.6 Å². The van der Waals surface area contributed by atoms with Gasteiger partial charge in [0.1, 0.15) is 6.54 Å². The molecule has 0 atom stereocenters. The Morgan fingerprint density at radius 2 is 2.04 bits per heavy atom. The third-order valence-corrected chi connectivity index (χ3v) is 5.10. The van der Waals surface area contributed by atoms with Crippen molar-refractivity contribution in [1.82, 2.24) is 9.47 Å². The van der Waals surface area contributed by atoms with Gasteiger partial charge in [-0.1, -0.05) is 25.1 Å². The van der Waals surface area contributed by atoms with Crippen LogP contribution in [0.2, 0.25) is 0 Å². The monoisotopic (exact) mass is 357 g/mol. The van der Waals surface area contributed by atoms with Gasteiger partial charge in [0.2, 0.25) is 5.91 Å². The molecule has 1 aliphatic heterocycles. The number of carbonyl (C=O) groups is 3. The highest BCUT2D eigenvalue weighted by atomic mass is 32.2. The van der Waals surface area contributed by atoms with E-state index in [9.17, 15) is 14.4 Å². The van der Waals surface area contributed by atoms with Crippen molar-refractivity contribution in [2.75, 3.05) is 6.54 Å². The molecule has 1 aromatic carbocycles. The Labute approximate surface area is 149 Å². The van der Waals surface area contributed by atoms with Crippen molar-refractivity contribution >= 4 is 45.8 Å². The van der Waals surface area contributed by atoms with Crippen LogP contribution >= 0.6 is 11.8 Å². The van der Waals surface area contributed by atoms with Crippen LogP contribution in [0.5, 0.6) is 0 Å². The largest absolute Gasteiger partial charge is 0.368 e. The molecule has 25 heavy (non-hydrogen) atoms. The molecule has 1 aliphatic rings. The zero-order valence-electron chi connectivity index (χ0n) is 14.1. The number of carbonyl (C=O) groups excluding carboxylic acids is 3. The van der Waals surface area contributed by atoms with Crippen molar-refractivity contribution < 1.29 is 14.4 Å². The number of hydrogen-bond acceptors (Lipinski definition) is 4. The summed E-state index contributed by atoms with van der Waals surface area (Å²) in [4.78, 5) is 37.3. The molecule has 1 saturated heterocycles. The summed E-state index contributed by atoms with van der Waals surface area (Å²) in [5.74, 6) is -0.708. The van der Waals surface area contributed by atoms with Crippen molar-refractivity contribution in [2.45, 2.75) is 26.8 Å². The molecule has 6 nitrogen and oxygen atoms in total. The predicted octanol–water partition coefficient (Wildman–Crippen LogP) is 2.75. The third-order valence-electron chi connectivity index (χ3n) is 4.20. The van der Waals surface area contributed by atoms with Gasteiger partial charge < -0.3 is 10.3 Å². The standard InChI is InChI=1S/C18H19N3O3S/c1-3-11-6-5-7-13-12(9-20(16(11)13)10-15(19)22)8-14-17(23)21(4-2)18(24)25-14/h5-9H,3-4,10H2,1-2H3,(H2,19,22). The van der Waals surface area contributed by atoms with Gasteiger partial charge in [-0.2, -0.15) is 0 Å². The number of aryl methyl sites for hydroxylation is 1. The molecule has 2 N–H and O–H groups in total. The number of likely N-dealkylation sites (N-methyl/N-ethyl adjacent to an activating group) is 1. The Hall–Kier alpha value is -2.54. The van der Waals surface area contributed by atoms with E-state index >= 15 is 0 Å². The Balaban J connectivity index is 2.14. The summed E-state index contributed by atoms with van der Waals surface area (Å²) in [5.41, 5.74) is 8.20. The van der Waals surface area contributed by atoms with Gasteiger partial charge in [-0.05, 0) is 36.7 Å². The average Bonchev–Trinajstić information content (AvgIpc) is 3.05. The highest BCUT2D eigenvalue weighted by Gasteiger charge is 2.33. The van der Waals surface area contributed by atoms with E-state index < -0.39 is 5.91 Å². The molecule has 3 rings (SSSR count). The molecular formula is C18H19N3O3S. The summed E-state index contributed by atoms with van der Waals surface area (Å²) in [6, 6.07) is 5.90. The van der Waals surface area contributed by atoms with Crippen molar-refractivity contribution in [3.8, 4) is 0 Å². The molecule has 0 aliphatic carbocycles. The van der Waals surface area contributed by atoms with E-state index in [4.69, 9.17) is 5.73 Å². The normalized spacial score (nSPS) is 16.4. The summed E-state index contributed by atoms with van der Waals surface area (Å²) in [5, 5.41) is 0.678. The summed E-state index contributed by atoms with van der Waals surface area (Å²) in [6.45, 7) is 4.23. The molecule has 1 aromatic heterocycles. The lowest BCUT2D eigenvalue weighted by molar-refractivity contribution is -0.122. The minimum Gasteiger partial charge on any atom is -0.368 e. The second kappa shape index (κ2) is 6.76. The Morgan fingerprint density at radius 1 is 1.28 bits per heavy atom. The van der Waals surface area contributed by atoms with E-state index in [1.807, 2.05) is 35.9 Å². The van der Waals surface area contributed by atoms with Gasteiger partial charge in [0.25, 0.3) is 11.1 Å². The molecule has 1 fully saturated rings. The number of amides is 3. The van der Waals surface area contributed by atoms with Gasteiger partial charge in [0.05, 0.1) is 10.4 Å². The van der Waals surface area contributed by atoms with Crippen LogP contribution in [0, 0.1) is 0 Å². The fourth-order valence-electron chi connectivity index (χ4n) is 3.07. The van der Waals surface area contributed by atoms with Crippen LogP contribution in [0.3, 0.4) is 0 Å². The first kappa shape index (κ1) is 17.3. The number of imide groups is 1. The molecule has 0 bridgehead atoms. The van der Waals surface area contributed by atoms with E-state index in [2.05, 4.69) is 0 Å². The number of primary amides is 1. The molecule has 2 aromatic rings. The highest BCUT2D eigenvalue weighted by molar-refractivity contribution is 8.18. The van der Waals surface area contributed by atoms with Crippen molar-refractivity contribution in [1.29, 1.82) is 0 Å². The minimum atomic E-state index is -0.430. The zero-order valence-corrected chi connectivity index (χ0v) is 14.9. The van der Waals surface area contributed by atoms with Gasteiger partial charge in [-0.15, -0.1) is 0 Å². The second-order valence-electron chi connectivity index (χ2n) is 5.77. The quantitative estimate of drug-likeness (QED) is 0.834. The van der Waals surface area contributed by atoms with Gasteiger partial charge >= 0.3 is 0 Å². The second-order valence-corrected chi connectivity index (χ2v) is 6.76. The fourth-order valence-corrected chi connectivity index (χ4v) is 3.97. The molecule has 2 heterocycles. The van der Waals surface area contributed by atoms with Crippen LogP contribution in [0.1, 0.15) is 25.0 Å². The number of hydrogen-bond donors (Lipinski definition) is 1. The van der Waals surface area contributed by atoms with Crippen LogP contribution < -0.4 is 5.73 Å². The number of para-hydroxylation sites is 1. The minimum absolute atomic E-state index is 0.0673. The Morgan fingerprint density at radius 3 is 2.64 bits per heavy atom. The first-order valence-corrected chi connectivity index (χ1v) is 8.92. The topological polar surface area (TPSA) is 85.4 Å². The number of rotatable bonds is 5. The van der Waals surface area contributed by atoms with Crippen molar-refractivity contribution in [2.24, 2.45) is 5.73 Å². The molecule has 0 saturated carbocycles. The summed E-state index contributed by atoms with van der Waals surface area (Å²) in [7, 11) is 0. The van der Waals surface area contributed by atoms with Gasteiger partial charge in [-0.3, -0.25) is 19.3 Å². The van der Waals surface area contributed by atoms with Crippen LogP contribution in [0.4, 0.5) is 4.79 Å². The maximum atomic E-state index is 12.3. The van der Waals surface area contributed by atoms with Crippen molar-refractivity contribution in [3.63, 3.8) is 0 Å². The number of thioether (sulfide) groups is 1. The Kier molecular flexibility index (Phi) is 4.67. The number of aromatic nitrogens is 1. The maximum absolute atomic E-state index is 12.3. The molecular weight excluding hydrogens is 338 g/mol. The smallest absolute Gasteiger partial charge is 0.293 e. The van der Waals surface area contributed by atoms with Gasteiger partial charge in [0, 0.05) is 23.7 Å². The van der Waals surface area contributed by atoms with E-state index in [1.54, 1.807) is 13.0 Å². The number of fused-ring (bicyclic) bond motifs is 1. The molecule has 0 radical (unpaired) electrons. The fraction of sp³-hybridized carbons (Fsp3) is 0.278. The summed E-state index contributed by atoms with van der Waals surface area (Å²) >= 11 is 0.941. The lowest BCUT2D eigenvalue weighted by Gasteiger charge is -2.06. The van der Waals surface area contributed by atoms with E-state index in [-0.39, 0.29) is 17.7 Å². The summed E-state index contributed by atoms with van der Waals surface area (Å²) < 4.78 is 1.81. The average molecular weight is 357 g/mol. The summed E-state index contributed by atoms with van der Waals surface area (Å²) in [6.07, 6.45) is 4.35. The molecule has 3 amide bonds. The van der Waals surface area contributed by atoms with Crippen molar-refractivity contribution in [3.05, 3.63) is 40.4 Å². The lowest BCUT2D eigenvalue weighted by Crippen LogP contribution is -2.27. The van der Waals surface area contributed by atoms with E-state index in [0.717, 1.165) is 40.2 Å². The number of nitrogens with zero attached hydrogens (tertiary/aromatic N) is 2. The van der Waals surface area contributed by atoms with Crippen LogP contribution in [0.15, 0.2) is 29.3 Å². The first-order chi connectivity index (χ1) is 12.0. The predicted molar refractivity (Wildman–Crippen MR) is 98.9 cm³/mol.